The predicted molar refractivity (Wildman–Crippen MR) is 119 cm³/mol. The minimum atomic E-state index is -0.0986. The summed E-state index contributed by atoms with van der Waals surface area (Å²) in [4.78, 5) is 17.0. The Morgan fingerprint density at radius 1 is 1.13 bits per heavy atom. The van der Waals surface area contributed by atoms with Gasteiger partial charge in [-0.05, 0) is 63.6 Å². The molecule has 4 N–H and O–H groups in total. The summed E-state index contributed by atoms with van der Waals surface area (Å²) < 4.78 is 6.26. The monoisotopic (exact) mass is 412 g/mol. The highest BCUT2D eigenvalue weighted by Gasteiger charge is 2.39. The Morgan fingerprint density at radius 3 is 2.43 bits per heavy atom. The van der Waals surface area contributed by atoms with E-state index in [1.807, 2.05) is 4.90 Å². The van der Waals surface area contributed by atoms with Crippen molar-refractivity contribution in [3.63, 3.8) is 0 Å². The number of rotatable bonds is 4. The van der Waals surface area contributed by atoms with E-state index >= 15 is 0 Å². The Balaban J connectivity index is 1.32. The number of piperidine rings is 2. The number of hydrogen-bond donors (Lipinski definition) is 2. The normalized spacial score (nSPS) is 23.3. The molecule has 2 fully saturated rings. The van der Waals surface area contributed by atoms with Crippen molar-refractivity contribution in [2.45, 2.75) is 58.1 Å². The van der Waals surface area contributed by atoms with E-state index in [2.05, 4.69) is 36.9 Å². The zero-order valence-electron chi connectivity index (χ0n) is 18.5. The van der Waals surface area contributed by atoms with Gasteiger partial charge in [0.2, 0.25) is 0 Å². The largest absolute Gasteiger partial charge is 0.487 e. The van der Waals surface area contributed by atoms with E-state index in [0.29, 0.717) is 11.0 Å². The number of carbonyl (C=O) groups is 1. The van der Waals surface area contributed by atoms with E-state index in [1.165, 1.54) is 30.2 Å². The average Bonchev–Trinajstić information content (AvgIpc) is 3.06. The summed E-state index contributed by atoms with van der Waals surface area (Å²) in [7, 11) is 0. The Labute approximate surface area is 180 Å². The molecule has 6 heteroatoms. The molecule has 0 radical (unpaired) electrons. The Kier molecular flexibility index (Phi) is 5.82. The number of carbonyl (C=O) groups excluding carboxylic acids is 1. The quantitative estimate of drug-likeness (QED) is 0.742. The maximum Gasteiger partial charge on any atom is 0.252 e. The van der Waals surface area contributed by atoms with Crippen molar-refractivity contribution in [1.82, 2.24) is 9.80 Å². The third-order valence-electron chi connectivity index (χ3n) is 7.29. The zero-order chi connectivity index (χ0) is 21.4. The smallest absolute Gasteiger partial charge is 0.252 e. The van der Waals surface area contributed by atoms with Crippen LogP contribution in [0.4, 0.5) is 0 Å². The van der Waals surface area contributed by atoms with Crippen LogP contribution >= 0.6 is 0 Å². The molecule has 3 aliphatic rings. The van der Waals surface area contributed by atoms with Crippen LogP contribution in [0, 0.1) is 5.41 Å². The molecule has 1 aromatic carbocycles. The van der Waals surface area contributed by atoms with Crippen LogP contribution in [-0.4, -0.2) is 54.0 Å². The number of para-hydroxylation sites is 1. The molecule has 0 aliphatic carbocycles. The number of amides is 1. The maximum absolute atomic E-state index is 12.5. The molecule has 2 saturated heterocycles. The lowest BCUT2D eigenvalue weighted by Gasteiger charge is -2.47. The summed E-state index contributed by atoms with van der Waals surface area (Å²) >= 11 is 0. The first-order valence-corrected chi connectivity index (χ1v) is 11.3. The second kappa shape index (κ2) is 8.23. The summed E-state index contributed by atoms with van der Waals surface area (Å²) in [6.07, 6.45) is 6.90. The molecular weight excluding hydrogens is 376 g/mol. The highest BCUT2D eigenvalue weighted by molar-refractivity contribution is 5.93. The van der Waals surface area contributed by atoms with E-state index < -0.39 is 0 Å². The number of nitrogens with zero attached hydrogens (tertiary/aromatic N) is 2. The van der Waals surface area contributed by atoms with Gasteiger partial charge in [0.05, 0.1) is 0 Å². The van der Waals surface area contributed by atoms with Gasteiger partial charge in [0, 0.05) is 49.9 Å². The van der Waals surface area contributed by atoms with Crippen LogP contribution in [0.1, 0.15) is 50.7 Å². The molecule has 30 heavy (non-hydrogen) atoms. The highest BCUT2D eigenvalue weighted by atomic mass is 16.5. The molecule has 3 heterocycles. The van der Waals surface area contributed by atoms with Crippen molar-refractivity contribution in [3.8, 4) is 5.75 Å². The number of likely N-dealkylation sites (tertiary alicyclic amines) is 2. The van der Waals surface area contributed by atoms with Crippen LogP contribution in [0.5, 0.6) is 5.75 Å². The van der Waals surface area contributed by atoms with Gasteiger partial charge < -0.3 is 21.1 Å². The molecule has 6 nitrogen and oxygen atoms in total. The van der Waals surface area contributed by atoms with Crippen molar-refractivity contribution in [3.05, 3.63) is 41.1 Å². The summed E-state index contributed by atoms with van der Waals surface area (Å²) in [6, 6.07) is 6.58. The maximum atomic E-state index is 12.5. The number of fused-ring (bicyclic) bond motifs is 1. The highest BCUT2D eigenvalue weighted by Crippen LogP contribution is 2.43. The average molecular weight is 413 g/mol. The predicted octanol–water partition coefficient (Wildman–Crippen LogP) is 2.41. The lowest BCUT2D eigenvalue weighted by molar-refractivity contribution is -0.130. The van der Waals surface area contributed by atoms with Crippen LogP contribution < -0.4 is 16.2 Å². The fourth-order valence-electron chi connectivity index (χ4n) is 5.34. The van der Waals surface area contributed by atoms with Crippen LogP contribution in [0.25, 0.3) is 0 Å². The Morgan fingerprint density at radius 2 is 1.80 bits per heavy atom. The van der Waals surface area contributed by atoms with Crippen LogP contribution in [0.15, 0.2) is 30.0 Å². The molecule has 0 bridgehead atoms. The minimum Gasteiger partial charge on any atom is -0.487 e. The van der Waals surface area contributed by atoms with Crippen molar-refractivity contribution in [1.29, 1.82) is 0 Å². The van der Waals surface area contributed by atoms with Gasteiger partial charge in [-0.3, -0.25) is 9.69 Å². The van der Waals surface area contributed by atoms with Crippen LogP contribution in [0.2, 0.25) is 0 Å². The fraction of sp³-hybridized carbons (Fsp3) is 0.625. The molecule has 1 aromatic rings. The standard InChI is InChI=1S/C24H36N4O2/c1-23(2)14-18-4-3-5-19(21(18)30-23)17-27-10-6-24(7-11-27)8-12-28(13-9-24)22(29)20(15-25)16-26/h3-5,15H,6-14,16-17,25-26H2,1-2H3/b20-15+. The van der Waals surface area contributed by atoms with Crippen LogP contribution in [0.3, 0.4) is 0 Å². The topological polar surface area (TPSA) is 84.8 Å². The van der Waals surface area contributed by atoms with Crippen molar-refractivity contribution < 1.29 is 9.53 Å². The van der Waals surface area contributed by atoms with Gasteiger partial charge in [0.25, 0.3) is 5.91 Å². The number of ether oxygens (including phenoxy) is 1. The zero-order valence-corrected chi connectivity index (χ0v) is 18.5. The molecule has 0 atom stereocenters. The van der Waals surface area contributed by atoms with E-state index in [9.17, 15) is 4.79 Å². The van der Waals surface area contributed by atoms with E-state index in [4.69, 9.17) is 16.2 Å². The van der Waals surface area contributed by atoms with Gasteiger partial charge in [-0.25, -0.2) is 0 Å². The van der Waals surface area contributed by atoms with Crippen LogP contribution in [-0.2, 0) is 17.8 Å². The third-order valence-corrected chi connectivity index (χ3v) is 7.29. The second-order valence-corrected chi connectivity index (χ2v) is 9.91. The third kappa shape index (κ3) is 4.21. The van der Waals surface area contributed by atoms with Gasteiger partial charge in [-0.2, -0.15) is 0 Å². The molecule has 3 aliphatic heterocycles. The Bertz CT molecular complexity index is 814. The lowest BCUT2D eigenvalue weighted by atomic mass is 9.71. The molecule has 1 amide bonds. The summed E-state index contributed by atoms with van der Waals surface area (Å²) in [6.45, 7) is 9.33. The summed E-state index contributed by atoms with van der Waals surface area (Å²) in [5.41, 5.74) is 14.6. The molecule has 0 saturated carbocycles. The van der Waals surface area contributed by atoms with E-state index in [1.54, 1.807) is 0 Å². The first-order chi connectivity index (χ1) is 14.3. The lowest BCUT2D eigenvalue weighted by Crippen LogP contribution is -2.48. The Hall–Kier alpha value is -2.05. The van der Waals surface area contributed by atoms with Crippen molar-refractivity contribution in [2.75, 3.05) is 32.7 Å². The summed E-state index contributed by atoms with van der Waals surface area (Å²) in [5, 5.41) is 0. The fourth-order valence-corrected chi connectivity index (χ4v) is 5.34. The first kappa shape index (κ1) is 21.2. The van der Waals surface area contributed by atoms with Crippen molar-refractivity contribution in [2.24, 2.45) is 16.9 Å². The van der Waals surface area contributed by atoms with Crippen molar-refractivity contribution >= 4 is 5.91 Å². The minimum absolute atomic E-state index is 0.00754. The van der Waals surface area contributed by atoms with Gasteiger partial charge in [-0.1, -0.05) is 18.2 Å². The summed E-state index contributed by atoms with van der Waals surface area (Å²) in [5.74, 6) is 1.12. The number of nitrogens with two attached hydrogens (primary N) is 2. The van der Waals surface area contributed by atoms with Gasteiger partial charge in [-0.15, -0.1) is 0 Å². The molecule has 164 valence electrons. The number of hydrogen-bond acceptors (Lipinski definition) is 5. The SMILES string of the molecule is CC1(C)Cc2cccc(CN3CCC4(CC3)CCN(C(=O)/C(=C/N)CN)CC4)c2O1. The molecular formula is C24H36N4O2. The van der Waals surface area contributed by atoms with E-state index in [-0.39, 0.29) is 18.1 Å². The van der Waals surface area contributed by atoms with E-state index in [0.717, 1.165) is 57.7 Å². The molecule has 1 spiro atoms. The molecule has 4 rings (SSSR count). The van der Waals surface area contributed by atoms with Gasteiger partial charge in [0.15, 0.2) is 0 Å². The first-order valence-electron chi connectivity index (χ1n) is 11.3. The second-order valence-electron chi connectivity index (χ2n) is 9.91. The number of benzene rings is 1. The van der Waals surface area contributed by atoms with Gasteiger partial charge >= 0.3 is 0 Å². The molecule has 0 aromatic heterocycles. The molecule has 0 unspecified atom stereocenters. The van der Waals surface area contributed by atoms with Gasteiger partial charge in [0.1, 0.15) is 11.4 Å².